The van der Waals surface area contributed by atoms with E-state index in [0.29, 0.717) is 35.1 Å². The molecule has 3 nitrogen and oxygen atoms in total. The lowest BCUT2D eigenvalue weighted by atomic mass is 10.1. The largest absolute Gasteiger partial charge is 0.390 e. The van der Waals surface area contributed by atoms with Gasteiger partial charge in [-0.25, -0.2) is 4.39 Å². The number of oxime groups is 1. The number of rotatable bonds is 5. The molecule has 0 saturated carbocycles. The molecule has 2 aromatic carbocycles. The Morgan fingerprint density at radius 1 is 1.17 bits per heavy atom. The Hall–Kier alpha value is -1.62. The second-order valence-electron chi connectivity index (χ2n) is 5.32. The van der Waals surface area contributed by atoms with Crippen LogP contribution in [0.4, 0.5) is 4.39 Å². The summed E-state index contributed by atoms with van der Waals surface area (Å²) in [6.07, 6.45) is 0.591. The molecule has 1 N–H and O–H groups in total. The van der Waals surface area contributed by atoms with Crippen molar-refractivity contribution in [2.45, 2.75) is 19.1 Å². The lowest BCUT2D eigenvalue weighted by Crippen LogP contribution is -2.27. The molecule has 1 heterocycles. The third-order valence-corrected chi connectivity index (χ3v) is 4.37. The highest BCUT2D eigenvalue weighted by atomic mass is 35.5. The van der Waals surface area contributed by atoms with Gasteiger partial charge in [0.1, 0.15) is 11.9 Å². The molecule has 0 aliphatic carbocycles. The number of nitrogens with one attached hydrogen (secondary N) is 1. The van der Waals surface area contributed by atoms with Crippen LogP contribution in [0, 0.1) is 5.82 Å². The van der Waals surface area contributed by atoms with E-state index in [1.165, 1.54) is 6.07 Å². The maximum atomic E-state index is 13.5. The van der Waals surface area contributed by atoms with Crippen LogP contribution < -0.4 is 5.32 Å². The van der Waals surface area contributed by atoms with Gasteiger partial charge >= 0.3 is 0 Å². The SMILES string of the molecule is Fc1ccccc1CNC[C@@H]1CC(c2ccc(Cl)c(Cl)c2)=NO1. The van der Waals surface area contributed by atoms with Crippen LogP contribution in [0.5, 0.6) is 0 Å². The molecule has 0 aromatic heterocycles. The molecule has 0 spiro atoms. The van der Waals surface area contributed by atoms with Crippen molar-refractivity contribution >= 4 is 28.9 Å². The molecule has 1 aliphatic heterocycles. The van der Waals surface area contributed by atoms with Gasteiger partial charge in [0.05, 0.1) is 15.8 Å². The number of benzene rings is 2. The maximum Gasteiger partial charge on any atom is 0.145 e. The van der Waals surface area contributed by atoms with E-state index in [0.717, 1.165) is 11.3 Å². The molecule has 6 heteroatoms. The fourth-order valence-corrected chi connectivity index (χ4v) is 2.69. The van der Waals surface area contributed by atoms with Crippen LogP contribution in [0.3, 0.4) is 0 Å². The summed E-state index contributed by atoms with van der Waals surface area (Å²) < 4.78 is 13.5. The molecule has 3 rings (SSSR count). The Kier molecular flexibility index (Phi) is 5.16. The predicted octanol–water partition coefficient (Wildman–Crippen LogP) is 4.42. The summed E-state index contributed by atoms with van der Waals surface area (Å²) in [4.78, 5) is 5.41. The standard InChI is InChI=1S/C17H15Cl2FN2O/c18-14-6-5-11(7-15(14)19)17-8-13(23-22-17)10-21-9-12-3-1-2-4-16(12)20/h1-7,13,21H,8-10H2/t13-/m0/s1. The van der Waals surface area contributed by atoms with Crippen molar-refractivity contribution in [2.75, 3.05) is 6.54 Å². The van der Waals surface area contributed by atoms with E-state index < -0.39 is 0 Å². The molecule has 0 radical (unpaired) electrons. The molecular weight excluding hydrogens is 338 g/mol. The minimum absolute atomic E-state index is 0.0776. The van der Waals surface area contributed by atoms with Gasteiger partial charge in [0.2, 0.25) is 0 Å². The molecule has 0 unspecified atom stereocenters. The van der Waals surface area contributed by atoms with Gasteiger partial charge < -0.3 is 10.2 Å². The first-order valence-electron chi connectivity index (χ1n) is 7.25. The highest BCUT2D eigenvalue weighted by molar-refractivity contribution is 6.42. The van der Waals surface area contributed by atoms with E-state index in [1.807, 2.05) is 12.1 Å². The fraction of sp³-hybridized carbons (Fsp3) is 0.235. The Morgan fingerprint density at radius 3 is 2.78 bits per heavy atom. The Bertz CT molecular complexity index is 736. The topological polar surface area (TPSA) is 33.6 Å². The number of nitrogens with zero attached hydrogens (tertiary/aromatic N) is 1. The van der Waals surface area contributed by atoms with Gasteiger partial charge in [0.15, 0.2) is 0 Å². The monoisotopic (exact) mass is 352 g/mol. The van der Waals surface area contributed by atoms with Gasteiger partial charge in [0, 0.05) is 30.6 Å². The summed E-state index contributed by atoms with van der Waals surface area (Å²) in [5.41, 5.74) is 2.37. The Labute approximate surface area is 144 Å². The van der Waals surface area contributed by atoms with Gasteiger partial charge in [-0.15, -0.1) is 0 Å². The fourth-order valence-electron chi connectivity index (χ4n) is 2.39. The van der Waals surface area contributed by atoms with Gasteiger partial charge in [-0.1, -0.05) is 52.6 Å². The van der Waals surface area contributed by atoms with Crippen LogP contribution in [0.2, 0.25) is 10.0 Å². The maximum absolute atomic E-state index is 13.5. The van der Waals surface area contributed by atoms with Crippen LogP contribution in [-0.4, -0.2) is 18.4 Å². The average Bonchev–Trinajstić information content (AvgIpc) is 3.01. The van der Waals surface area contributed by atoms with Crippen molar-refractivity contribution in [1.29, 1.82) is 0 Å². The molecule has 0 bridgehead atoms. The molecule has 0 amide bonds. The molecule has 1 aliphatic rings. The van der Waals surface area contributed by atoms with Crippen molar-refractivity contribution in [3.63, 3.8) is 0 Å². The summed E-state index contributed by atoms with van der Waals surface area (Å²) in [6.45, 7) is 1.04. The van der Waals surface area contributed by atoms with Crippen LogP contribution in [-0.2, 0) is 11.4 Å². The van der Waals surface area contributed by atoms with E-state index in [-0.39, 0.29) is 11.9 Å². The van der Waals surface area contributed by atoms with Crippen molar-refractivity contribution in [3.8, 4) is 0 Å². The van der Waals surface area contributed by atoms with E-state index in [1.54, 1.807) is 24.3 Å². The number of halogens is 3. The van der Waals surface area contributed by atoms with E-state index in [2.05, 4.69) is 10.5 Å². The number of hydrogen-bond acceptors (Lipinski definition) is 3. The molecule has 120 valence electrons. The van der Waals surface area contributed by atoms with Crippen molar-refractivity contribution in [3.05, 3.63) is 69.5 Å². The average molecular weight is 353 g/mol. The van der Waals surface area contributed by atoms with Crippen LogP contribution in [0.15, 0.2) is 47.6 Å². The first kappa shape index (κ1) is 16.2. The summed E-state index contributed by atoms with van der Waals surface area (Å²) in [7, 11) is 0. The number of hydrogen-bond donors (Lipinski definition) is 1. The summed E-state index contributed by atoms with van der Waals surface area (Å²) >= 11 is 11.9. The van der Waals surface area contributed by atoms with Crippen molar-refractivity contribution < 1.29 is 9.23 Å². The minimum atomic E-state index is -0.208. The zero-order valence-corrected chi connectivity index (χ0v) is 13.7. The lowest BCUT2D eigenvalue weighted by Gasteiger charge is -2.10. The van der Waals surface area contributed by atoms with Crippen LogP contribution in [0.25, 0.3) is 0 Å². The van der Waals surface area contributed by atoms with Crippen LogP contribution in [0.1, 0.15) is 17.5 Å². The Morgan fingerprint density at radius 2 is 2.00 bits per heavy atom. The summed E-state index contributed by atoms with van der Waals surface area (Å²) in [5, 5.41) is 8.30. The smallest absolute Gasteiger partial charge is 0.145 e. The highest BCUT2D eigenvalue weighted by Gasteiger charge is 2.22. The van der Waals surface area contributed by atoms with Crippen LogP contribution >= 0.6 is 23.2 Å². The predicted molar refractivity (Wildman–Crippen MR) is 90.6 cm³/mol. The summed E-state index contributed by atoms with van der Waals surface area (Å²) in [6, 6.07) is 12.1. The zero-order chi connectivity index (χ0) is 16.2. The molecule has 23 heavy (non-hydrogen) atoms. The third kappa shape index (κ3) is 4.02. The minimum Gasteiger partial charge on any atom is -0.390 e. The molecular formula is C17H15Cl2FN2O. The Balaban J connectivity index is 1.51. The van der Waals surface area contributed by atoms with E-state index in [9.17, 15) is 4.39 Å². The first-order valence-corrected chi connectivity index (χ1v) is 8.01. The van der Waals surface area contributed by atoms with Gasteiger partial charge in [0.25, 0.3) is 0 Å². The molecule has 0 saturated heterocycles. The normalized spacial score (nSPS) is 17.0. The lowest BCUT2D eigenvalue weighted by molar-refractivity contribution is 0.0848. The summed E-state index contributed by atoms with van der Waals surface area (Å²) in [5.74, 6) is -0.208. The molecule has 1 atom stereocenters. The highest BCUT2D eigenvalue weighted by Crippen LogP contribution is 2.25. The first-order chi connectivity index (χ1) is 11.1. The second kappa shape index (κ2) is 7.30. The van der Waals surface area contributed by atoms with E-state index in [4.69, 9.17) is 28.0 Å². The zero-order valence-electron chi connectivity index (χ0n) is 12.2. The molecule has 2 aromatic rings. The van der Waals surface area contributed by atoms with Crippen molar-refractivity contribution in [1.82, 2.24) is 5.32 Å². The second-order valence-corrected chi connectivity index (χ2v) is 6.14. The third-order valence-electron chi connectivity index (χ3n) is 3.63. The molecule has 0 fully saturated rings. The van der Waals surface area contributed by atoms with Crippen molar-refractivity contribution in [2.24, 2.45) is 5.16 Å². The van der Waals surface area contributed by atoms with E-state index >= 15 is 0 Å². The van der Waals surface area contributed by atoms with Gasteiger partial charge in [-0.2, -0.15) is 0 Å². The van der Waals surface area contributed by atoms with Gasteiger partial charge in [-0.05, 0) is 18.2 Å². The van der Waals surface area contributed by atoms with Gasteiger partial charge in [-0.3, -0.25) is 0 Å². The quantitative estimate of drug-likeness (QED) is 0.864.